The summed E-state index contributed by atoms with van der Waals surface area (Å²) in [4.78, 5) is 16.8. The average Bonchev–Trinajstić information content (AvgIpc) is 2.77. The van der Waals surface area contributed by atoms with E-state index in [1.807, 2.05) is 42.5 Å². The van der Waals surface area contributed by atoms with Crippen LogP contribution in [0.3, 0.4) is 0 Å². The number of carbonyl (C=O) groups excluding carboxylic acids is 1. The lowest BCUT2D eigenvalue weighted by Gasteiger charge is -2.19. The van der Waals surface area contributed by atoms with E-state index in [0.717, 1.165) is 36.2 Å². The number of pyridine rings is 1. The van der Waals surface area contributed by atoms with E-state index in [1.165, 1.54) is 12.7 Å². The largest absolute Gasteiger partial charge is 0.486 e. The van der Waals surface area contributed by atoms with Gasteiger partial charge in [-0.25, -0.2) is 9.78 Å². The Kier molecular flexibility index (Phi) is 5.24. The zero-order valence-corrected chi connectivity index (χ0v) is 15.8. The lowest BCUT2D eigenvalue weighted by molar-refractivity contribution is 0.0588. The lowest BCUT2D eigenvalue weighted by atomic mass is 10.00. The normalized spacial score (nSPS) is 12.6. The molecule has 5 heteroatoms. The molecule has 0 fully saturated rings. The predicted molar refractivity (Wildman–Crippen MR) is 109 cm³/mol. The molecule has 2 aromatic carbocycles. The Morgan fingerprint density at radius 2 is 1.96 bits per heavy atom. The van der Waals surface area contributed by atoms with Crippen molar-refractivity contribution in [2.75, 3.05) is 19.0 Å². The SMILES string of the molecule is COC(=O)c1nc(-c2ccc3c(c2)NCCC3)ccc1OCc1ccccc1. The summed E-state index contributed by atoms with van der Waals surface area (Å²) in [5.74, 6) is -0.100. The molecule has 142 valence electrons. The van der Waals surface area contributed by atoms with Gasteiger partial charge in [0.05, 0.1) is 12.8 Å². The molecule has 1 N–H and O–H groups in total. The molecule has 1 aromatic heterocycles. The Bertz CT molecular complexity index is 986. The van der Waals surface area contributed by atoms with Crippen LogP contribution >= 0.6 is 0 Å². The number of hydrogen-bond donors (Lipinski definition) is 1. The van der Waals surface area contributed by atoms with E-state index in [-0.39, 0.29) is 5.69 Å². The van der Waals surface area contributed by atoms with Gasteiger partial charge in [-0.3, -0.25) is 0 Å². The van der Waals surface area contributed by atoms with Crippen molar-refractivity contribution < 1.29 is 14.3 Å². The second-order valence-electron chi connectivity index (χ2n) is 6.71. The highest BCUT2D eigenvalue weighted by Crippen LogP contribution is 2.30. The van der Waals surface area contributed by atoms with Crippen LogP contribution in [0.25, 0.3) is 11.3 Å². The molecule has 2 heterocycles. The summed E-state index contributed by atoms with van der Waals surface area (Å²) in [6, 6.07) is 19.7. The number of hydrogen-bond acceptors (Lipinski definition) is 5. The quantitative estimate of drug-likeness (QED) is 0.668. The minimum atomic E-state index is -0.513. The number of ether oxygens (including phenoxy) is 2. The summed E-state index contributed by atoms with van der Waals surface area (Å²) in [5.41, 5.74) is 5.31. The third-order valence-corrected chi connectivity index (χ3v) is 4.82. The van der Waals surface area contributed by atoms with Gasteiger partial charge in [0.1, 0.15) is 6.61 Å². The van der Waals surface area contributed by atoms with Crippen LogP contribution in [-0.2, 0) is 17.8 Å². The Morgan fingerprint density at radius 3 is 2.79 bits per heavy atom. The van der Waals surface area contributed by atoms with Gasteiger partial charge in [0.15, 0.2) is 11.4 Å². The molecule has 0 bridgehead atoms. The molecule has 5 nitrogen and oxygen atoms in total. The number of carbonyl (C=O) groups is 1. The molecule has 0 radical (unpaired) electrons. The van der Waals surface area contributed by atoms with Crippen LogP contribution < -0.4 is 10.1 Å². The van der Waals surface area contributed by atoms with E-state index in [4.69, 9.17) is 9.47 Å². The molecule has 0 spiro atoms. The van der Waals surface area contributed by atoms with E-state index in [2.05, 4.69) is 22.4 Å². The van der Waals surface area contributed by atoms with Crippen molar-refractivity contribution in [3.05, 3.63) is 77.5 Å². The third-order valence-electron chi connectivity index (χ3n) is 4.82. The lowest BCUT2D eigenvalue weighted by Crippen LogP contribution is -2.12. The maximum Gasteiger partial charge on any atom is 0.360 e. The van der Waals surface area contributed by atoms with E-state index < -0.39 is 5.97 Å². The van der Waals surface area contributed by atoms with Crippen LogP contribution in [0.15, 0.2) is 60.7 Å². The maximum absolute atomic E-state index is 12.3. The van der Waals surface area contributed by atoms with E-state index >= 15 is 0 Å². The number of aromatic nitrogens is 1. The Balaban J connectivity index is 1.63. The second kappa shape index (κ2) is 8.13. The van der Waals surface area contributed by atoms with Crippen molar-refractivity contribution in [3.63, 3.8) is 0 Å². The molecule has 0 atom stereocenters. The monoisotopic (exact) mass is 374 g/mol. The number of aryl methyl sites for hydroxylation is 1. The Labute approximate surface area is 164 Å². The molecule has 0 unspecified atom stereocenters. The van der Waals surface area contributed by atoms with Crippen LogP contribution in [0.4, 0.5) is 5.69 Å². The number of nitrogens with zero attached hydrogens (tertiary/aromatic N) is 1. The first-order valence-corrected chi connectivity index (χ1v) is 9.38. The van der Waals surface area contributed by atoms with Gasteiger partial charge < -0.3 is 14.8 Å². The molecule has 0 amide bonds. The fraction of sp³-hybridized carbons (Fsp3) is 0.217. The van der Waals surface area contributed by atoms with Crippen LogP contribution in [0.1, 0.15) is 28.0 Å². The molecule has 0 saturated carbocycles. The summed E-state index contributed by atoms with van der Waals surface area (Å²) < 4.78 is 10.8. The number of nitrogens with one attached hydrogen (secondary N) is 1. The molecular weight excluding hydrogens is 352 g/mol. The van der Waals surface area contributed by atoms with Gasteiger partial charge in [-0.05, 0) is 42.2 Å². The summed E-state index contributed by atoms with van der Waals surface area (Å²) in [5, 5.41) is 3.43. The van der Waals surface area contributed by atoms with Gasteiger partial charge >= 0.3 is 5.97 Å². The molecule has 1 aliphatic rings. The Hall–Kier alpha value is -3.34. The van der Waals surface area contributed by atoms with Crippen molar-refractivity contribution in [2.24, 2.45) is 0 Å². The highest BCUT2D eigenvalue weighted by molar-refractivity contribution is 5.91. The van der Waals surface area contributed by atoms with E-state index in [9.17, 15) is 4.79 Å². The highest BCUT2D eigenvalue weighted by Gasteiger charge is 2.18. The maximum atomic E-state index is 12.3. The van der Waals surface area contributed by atoms with Gasteiger partial charge in [-0.1, -0.05) is 42.5 Å². The van der Waals surface area contributed by atoms with Crippen molar-refractivity contribution in [1.29, 1.82) is 0 Å². The summed E-state index contributed by atoms with van der Waals surface area (Å²) in [7, 11) is 1.35. The van der Waals surface area contributed by atoms with Crippen molar-refractivity contribution in [2.45, 2.75) is 19.4 Å². The van der Waals surface area contributed by atoms with Gasteiger partial charge in [0.25, 0.3) is 0 Å². The first-order chi connectivity index (χ1) is 13.7. The number of esters is 1. The standard InChI is InChI=1S/C23H22N2O3/c1-27-23(26)22-21(28-15-16-6-3-2-4-7-16)12-11-19(25-22)18-10-9-17-8-5-13-24-20(17)14-18/h2-4,6-7,9-12,14,24H,5,8,13,15H2,1H3. The number of anilines is 1. The zero-order chi connectivity index (χ0) is 19.3. The van der Waals surface area contributed by atoms with Crippen LogP contribution in [0.2, 0.25) is 0 Å². The molecule has 28 heavy (non-hydrogen) atoms. The van der Waals surface area contributed by atoms with Crippen molar-refractivity contribution >= 4 is 11.7 Å². The number of methoxy groups -OCH3 is 1. The number of rotatable bonds is 5. The van der Waals surface area contributed by atoms with Gasteiger partial charge in [0, 0.05) is 17.8 Å². The Morgan fingerprint density at radius 1 is 1.11 bits per heavy atom. The van der Waals surface area contributed by atoms with Crippen LogP contribution in [-0.4, -0.2) is 24.6 Å². The molecule has 0 saturated heterocycles. The summed E-state index contributed by atoms with van der Waals surface area (Å²) in [6.07, 6.45) is 2.22. The topological polar surface area (TPSA) is 60.5 Å². The van der Waals surface area contributed by atoms with Crippen LogP contribution in [0, 0.1) is 0 Å². The minimum Gasteiger partial charge on any atom is -0.486 e. The van der Waals surface area contributed by atoms with Crippen molar-refractivity contribution in [3.8, 4) is 17.0 Å². The van der Waals surface area contributed by atoms with E-state index in [0.29, 0.717) is 18.1 Å². The minimum absolute atomic E-state index is 0.182. The first kappa shape index (κ1) is 18.0. The zero-order valence-electron chi connectivity index (χ0n) is 15.8. The molecule has 3 aromatic rings. The molecule has 4 rings (SSSR count). The number of fused-ring (bicyclic) bond motifs is 1. The smallest absolute Gasteiger partial charge is 0.360 e. The highest BCUT2D eigenvalue weighted by atomic mass is 16.5. The van der Waals surface area contributed by atoms with Gasteiger partial charge in [-0.15, -0.1) is 0 Å². The van der Waals surface area contributed by atoms with Gasteiger partial charge in [-0.2, -0.15) is 0 Å². The summed E-state index contributed by atoms with van der Waals surface area (Å²) in [6.45, 7) is 1.33. The van der Waals surface area contributed by atoms with E-state index in [1.54, 1.807) is 6.07 Å². The summed E-state index contributed by atoms with van der Waals surface area (Å²) >= 11 is 0. The predicted octanol–water partition coefficient (Wildman–Crippen LogP) is 4.47. The number of benzene rings is 2. The fourth-order valence-electron chi connectivity index (χ4n) is 3.32. The second-order valence-corrected chi connectivity index (χ2v) is 6.71. The van der Waals surface area contributed by atoms with Crippen LogP contribution in [0.5, 0.6) is 5.75 Å². The average molecular weight is 374 g/mol. The third kappa shape index (κ3) is 3.83. The molecule has 1 aliphatic heterocycles. The molecular formula is C23H22N2O3. The van der Waals surface area contributed by atoms with Gasteiger partial charge in [0.2, 0.25) is 0 Å². The molecule has 0 aliphatic carbocycles. The van der Waals surface area contributed by atoms with Crippen molar-refractivity contribution in [1.82, 2.24) is 4.98 Å². The first-order valence-electron chi connectivity index (χ1n) is 9.38. The fourth-order valence-corrected chi connectivity index (χ4v) is 3.32.